The van der Waals surface area contributed by atoms with Crippen molar-refractivity contribution in [3.63, 3.8) is 0 Å². The number of hydrogen-bond donors (Lipinski definition) is 2. The highest BCUT2D eigenvalue weighted by atomic mass is 16.5. The quantitative estimate of drug-likeness (QED) is 0.874. The Morgan fingerprint density at radius 3 is 2.65 bits per heavy atom. The predicted octanol–water partition coefficient (Wildman–Crippen LogP) is 1.57. The highest BCUT2D eigenvalue weighted by molar-refractivity contribution is 5.96. The number of ether oxygens (including phenoxy) is 2. The van der Waals surface area contributed by atoms with E-state index in [0.29, 0.717) is 24.3 Å². The molecular weight excluding hydrogens is 262 g/mol. The second kappa shape index (κ2) is 5.92. The number of carbonyl (C=O) groups is 2. The van der Waals surface area contributed by atoms with Gasteiger partial charge in [0.1, 0.15) is 11.9 Å². The van der Waals surface area contributed by atoms with Gasteiger partial charge in [-0.05, 0) is 37.5 Å². The van der Waals surface area contributed by atoms with Crippen LogP contribution in [0.25, 0.3) is 0 Å². The molecule has 2 rings (SSSR count). The highest BCUT2D eigenvalue weighted by Gasteiger charge is 2.34. The monoisotopic (exact) mass is 279 g/mol. The van der Waals surface area contributed by atoms with Crippen LogP contribution in [0.5, 0.6) is 5.75 Å². The third-order valence-corrected chi connectivity index (χ3v) is 3.20. The Morgan fingerprint density at radius 2 is 2.05 bits per heavy atom. The number of hydrogen-bond acceptors (Lipinski definition) is 4. The van der Waals surface area contributed by atoms with Crippen molar-refractivity contribution in [3.05, 3.63) is 23.8 Å². The van der Waals surface area contributed by atoms with Crippen LogP contribution in [0.1, 0.15) is 18.4 Å². The largest absolute Gasteiger partial charge is 0.495 e. The van der Waals surface area contributed by atoms with Gasteiger partial charge in [0.15, 0.2) is 6.10 Å². The lowest BCUT2D eigenvalue weighted by Gasteiger charge is -2.14. The first kappa shape index (κ1) is 14.3. The van der Waals surface area contributed by atoms with Crippen LogP contribution in [0.3, 0.4) is 0 Å². The van der Waals surface area contributed by atoms with Gasteiger partial charge in [-0.3, -0.25) is 4.79 Å². The van der Waals surface area contributed by atoms with Crippen LogP contribution in [-0.4, -0.2) is 36.3 Å². The van der Waals surface area contributed by atoms with Gasteiger partial charge in [0.25, 0.3) is 5.91 Å². The molecule has 1 heterocycles. The molecule has 0 unspecified atom stereocenters. The van der Waals surface area contributed by atoms with Crippen LogP contribution < -0.4 is 10.1 Å². The summed E-state index contributed by atoms with van der Waals surface area (Å²) in [5.74, 6) is -0.824. The molecular formula is C14H17NO5. The second-order valence-corrected chi connectivity index (χ2v) is 4.72. The number of aliphatic carboxylic acids is 1. The summed E-state index contributed by atoms with van der Waals surface area (Å²) in [7, 11) is 1.52. The van der Waals surface area contributed by atoms with Crippen molar-refractivity contribution < 1.29 is 24.2 Å². The fourth-order valence-electron chi connectivity index (χ4n) is 2.13. The van der Waals surface area contributed by atoms with Gasteiger partial charge >= 0.3 is 5.97 Å². The van der Waals surface area contributed by atoms with Crippen LogP contribution in [0.4, 0.5) is 5.69 Å². The van der Waals surface area contributed by atoms with Crippen LogP contribution in [-0.2, 0) is 14.3 Å². The van der Waals surface area contributed by atoms with Crippen molar-refractivity contribution in [3.8, 4) is 5.75 Å². The van der Waals surface area contributed by atoms with E-state index in [1.807, 2.05) is 19.1 Å². The Bertz CT molecular complexity index is 528. The van der Waals surface area contributed by atoms with E-state index in [2.05, 4.69) is 5.32 Å². The molecule has 1 aliphatic rings. The number of benzene rings is 1. The maximum atomic E-state index is 12.1. The molecule has 0 aromatic heterocycles. The van der Waals surface area contributed by atoms with Crippen molar-refractivity contribution in [2.45, 2.75) is 32.0 Å². The predicted molar refractivity (Wildman–Crippen MR) is 71.9 cm³/mol. The summed E-state index contributed by atoms with van der Waals surface area (Å²) in [5.41, 5.74) is 1.56. The number of nitrogens with one attached hydrogen (secondary N) is 1. The number of methoxy groups -OCH3 is 1. The summed E-state index contributed by atoms with van der Waals surface area (Å²) in [6.45, 7) is 1.92. The smallest absolute Gasteiger partial charge is 0.332 e. The van der Waals surface area contributed by atoms with E-state index in [-0.39, 0.29) is 5.91 Å². The molecule has 0 bridgehead atoms. The molecule has 6 nitrogen and oxygen atoms in total. The first-order valence-corrected chi connectivity index (χ1v) is 6.35. The van der Waals surface area contributed by atoms with E-state index in [1.165, 1.54) is 7.11 Å². The first-order chi connectivity index (χ1) is 9.51. The molecule has 1 amide bonds. The van der Waals surface area contributed by atoms with Gasteiger partial charge in [-0.2, -0.15) is 0 Å². The number of anilines is 1. The normalized spacial score (nSPS) is 21.5. The maximum Gasteiger partial charge on any atom is 0.332 e. The lowest BCUT2D eigenvalue weighted by molar-refractivity contribution is -0.150. The van der Waals surface area contributed by atoms with Gasteiger partial charge < -0.3 is 19.9 Å². The van der Waals surface area contributed by atoms with Crippen molar-refractivity contribution in [2.24, 2.45) is 0 Å². The number of aryl methyl sites for hydroxylation is 1. The summed E-state index contributed by atoms with van der Waals surface area (Å²) in [6.07, 6.45) is -0.886. The minimum absolute atomic E-state index is 0.346. The molecule has 6 heteroatoms. The lowest BCUT2D eigenvalue weighted by Crippen LogP contribution is -2.30. The van der Waals surface area contributed by atoms with Crippen LogP contribution in [0.2, 0.25) is 0 Å². The average molecular weight is 279 g/mol. The number of carbonyl (C=O) groups excluding carboxylic acids is 1. The van der Waals surface area contributed by atoms with E-state index in [9.17, 15) is 9.59 Å². The van der Waals surface area contributed by atoms with Crippen LogP contribution in [0.15, 0.2) is 18.2 Å². The van der Waals surface area contributed by atoms with Gasteiger partial charge in [-0.1, -0.05) is 6.07 Å². The average Bonchev–Trinajstić information content (AvgIpc) is 2.90. The van der Waals surface area contributed by atoms with E-state index in [0.717, 1.165) is 5.56 Å². The van der Waals surface area contributed by atoms with Gasteiger partial charge in [0.2, 0.25) is 0 Å². The van der Waals surface area contributed by atoms with Gasteiger partial charge in [0, 0.05) is 0 Å². The summed E-state index contributed by atoms with van der Waals surface area (Å²) in [4.78, 5) is 22.8. The highest BCUT2D eigenvalue weighted by Crippen LogP contribution is 2.27. The Morgan fingerprint density at radius 1 is 1.35 bits per heavy atom. The number of carboxylic acid groups (broad SMARTS) is 1. The topological polar surface area (TPSA) is 84.9 Å². The summed E-state index contributed by atoms with van der Waals surface area (Å²) >= 11 is 0. The van der Waals surface area contributed by atoms with Crippen molar-refractivity contribution in [1.82, 2.24) is 0 Å². The molecule has 1 fully saturated rings. The minimum Gasteiger partial charge on any atom is -0.495 e. The third-order valence-electron chi connectivity index (χ3n) is 3.20. The fraction of sp³-hybridized carbons (Fsp3) is 0.429. The zero-order valence-corrected chi connectivity index (χ0v) is 11.4. The molecule has 20 heavy (non-hydrogen) atoms. The molecule has 2 N–H and O–H groups in total. The number of carboxylic acids is 1. The zero-order valence-electron chi connectivity index (χ0n) is 11.4. The molecule has 1 aliphatic heterocycles. The first-order valence-electron chi connectivity index (χ1n) is 6.35. The minimum atomic E-state index is -1.03. The molecule has 1 aromatic rings. The zero-order chi connectivity index (χ0) is 14.7. The number of amides is 1. The Labute approximate surface area is 116 Å². The summed E-state index contributed by atoms with van der Waals surface area (Å²) < 4.78 is 10.4. The molecule has 1 saturated heterocycles. The standard InChI is InChI=1S/C14H17NO5/c1-8-3-4-9(12(7-8)19-2)15-13(16)10-5-6-11(20-10)14(17)18/h3-4,7,10-11H,5-6H2,1-2H3,(H,15,16)(H,17,18)/t10-,11+/m0/s1. The Hall–Kier alpha value is -2.08. The number of rotatable bonds is 4. The second-order valence-electron chi connectivity index (χ2n) is 4.72. The lowest BCUT2D eigenvalue weighted by atomic mass is 10.1. The van der Waals surface area contributed by atoms with E-state index < -0.39 is 18.2 Å². The summed E-state index contributed by atoms with van der Waals surface area (Å²) in [5, 5.41) is 11.5. The Kier molecular flexibility index (Phi) is 4.24. The fourth-order valence-corrected chi connectivity index (χ4v) is 2.13. The van der Waals surface area contributed by atoms with Gasteiger partial charge in [0.05, 0.1) is 12.8 Å². The molecule has 0 spiro atoms. The van der Waals surface area contributed by atoms with Gasteiger partial charge in [-0.15, -0.1) is 0 Å². The SMILES string of the molecule is COc1cc(C)ccc1NC(=O)[C@@H]1CC[C@H](C(=O)O)O1. The van der Waals surface area contributed by atoms with E-state index >= 15 is 0 Å². The van der Waals surface area contributed by atoms with E-state index in [1.54, 1.807) is 6.07 Å². The molecule has 108 valence electrons. The molecule has 1 aromatic carbocycles. The van der Waals surface area contributed by atoms with Gasteiger partial charge in [-0.25, -0.2) is 4.79 Å². The van der Waals surface area contributed by atoms with Crippen molar-refractivity contribution in [1.29, 1.82) is 0 Å². The van der Waals surface area contributed by atoms with Crippen LogP contribution in [0, 0.1) is 6.92 Å². The molecule has 0 aliphatic carbocycles. The maximum absolute atomic E-state index is 12.1. The van der Waals surface area contributed by atoms with Crippen molar-refractivity contribution in [2.75, 3.05) is 12.4 Å². The Balaban J connectivity index is 2.04. The van der Waals surface area contributed by atoms with E-state index in [4.69, 9.17) is 14.6 Å². The van der Waals surface area contributed by atoms with Crippen molar-refractivity contribution >= 4 is 17.6 Å². The molecule has 0 radical (unpaired) electrons. The van der Waals surface area contributed by atoms with Crippen LogP contribution >= 0.6 is 0 Å². The third kappa shape index (κ3) is 3.08. The molecule has 2 atom stereocenters. The molecule has 0 saturated carbocycles. The summed E-state index contributed by atoms with van der Waals surface area (Å²) in [6, 6.07) is 5.41.